The van der Waals surface area contributed by atoms with Gasteiger partial charge in [-0.1, -0.05) is 13.8 Å². The molecule has 0 unspecified atom stereocenters. The summed E-state index contributed by atoms with van der Waals surface area (Å²) >= 11 is 0. The van der Waals surface area contributed by atoms with E-state index in [2.05, 4.69) is 39.9 Å². The van der Waals surface area contributed by atoms with Gasteiger partial charge in [0.2, 0.25) is 0 Å². The Bertz CT molecular complexity index is 199. The van der Waals surface area contributed by atoms with Crippen molar-refractivity contribution in [3.63, 3.8) is 0 Å². The minimum atomic E-state index is 0.229. The van der Waals surface area contributed by atoms with Crippen molar-refractivity contribution in [2.45, 2.75) is 59.4 Å². The van der Waals surface area contributed by atoms with Crippen molar-refractivity contribution in [3.8, 4) is 0 Å². The van der Waals surface area contributed by atoms with Crippen molar-refractivity contribution < 1.29 is 4.74 Å². The van der Waals surface area contributed by atoms with E-state index in [1.165, 1.54) is 19.3 Å². The van der Waals surface area contributed by atoms with E-state index in [1.807, 2.05) is 0 Å². The van der Waals surface area contributed by atoms with Gasteiger partial charge in [-0.05, 0) is 51.4 Å². The Morgan fingerprint density at radius 3 is 2.12 bits per heavy atom. The van der Waals surface area contributed by atoms with Gasteiger partial charge in [0, 0.05) is 25.3 Å². The SMILES string of the molecule is CC(C)(CNC(C)(C)C)CC1CCOCC1. The maximum absolute atomic E-state index is 5.41. The summed E-state index contributed by atoms with van der Waals surface area (Å²) < 4.78 is 5.41. The highest BCUT2D eigenvalue weighted by Gasteiger charge is 2.26. The van der Waals surface area contributed by atoms with Gasteiger partial charge in [-0.25, -0.2) is 0 Å². The topological polar surface area (TPSA) is 21.3 Å². The van der Waals surface area contributed by atoms with E-state index in [1.54, 1.807) is 0 Å². The molecule has 0 amide bonds. The van der Waals surface area contributed by atoms with Crippen LogP contribution in [-0.4, -0.2) is 25.3 Å². The Balaban J connectivity index is 2.32. The molecule has 1 aliphatic heterocycles. The Labute approximate surface area is 101 Å². The molecule has 0 bridgehead atoms. The van der Waals surface area contributed by atoms with Crippen LogP contribution >= 0.6 is 0 Å². The second-order valence-corrected chi connectivity index (χ2v) is 7.03. The Hall–Kier alpha value is -0.0800. The van der Waals surface area contributed by atoms with Crippen molar-refractivity contribution >= 4 is 0 Å². The van der Waals surface area contributed by atoms with Crippen molar-refractivity contribution in [1.29, 1.82) is 0 Å². The first-order valence-corrected chi connectivity index (χ1v) is 6.61. The van der Waals surface area contributed by atoms with Gasteiger partial charge in [0.25, 0.3) is 0 Å². The molecule has 1 rings (SSSR count). The fraction of sp³-hybridized carbons (Fsp3) is 1.00. The van der Waals surface area contributed by atoms with Crippen LogP contribution < -0.4 is 5.32 Å². The van der Waals surface area contributed by atoms with E-state index in [-0.39, 0.29) is 5.54 Å². The Morgan fingerprint density at radius 1 is 1.06 bits per heavy atom. The molecule has 0 aromatic carbocycles. The summed E-state index contributed by atoms with van der Waals surface area (Å²) in [6, 6.07) is 0. The average Bonchev–Trinajstić information content (AvgIpc) is 2.15. The predicted molar refractivity (Wildman–Crippen MR) is 69.7 cm³/mol. The third-order valence-corrected chi connectivity index (χ3v) is 3.28. The van der Waals surface area contributed by atoms with Crippen molar-refractivity contribution in [2.75, 3.05) is 19.8 Å². The lowest BCUT2D eigenvalue weighted by Gasteiger charge is -2.34. The van der Waals surface area contributed by atoms with E-state index in [9.17, 15) is 0 Å². The second-order valence-electron chi connectivity index (χ2n) is 7.03. The van der Waals surface area contributed by atoms with Gasteiger partial charge >= 0.3 is 0 Å². The second kappa shape index (κ2) is 5.50. The van der Waals surface area contributed by atoms with Crippen LogP contribution in [0.4, 0.5) is 0 Å². The number of rotatable bonds is 4. The molecular formula is C14H29NO. The summed E-state index contributed by atoms with van der Waals surface area (Å²) in [4.78, 5) is 0. The summed E-state index contributed by atoms with van der Waals surface area (Å²) in [6.45, 7) is 14.5. The molecule has 0 aliphatic carbocycles. The number of nitrogens with one attached hydrogen (secondary N) is 1. The molecule has 0 saturated carbocycles. The van der Waals surface area contributed by atoms with E-state index in [0.717, 1.165) is 25.7 Å². The molecule has 96 valence electrons. The van der Waals surface area contributed by atoms with Crippen LogP contribution in [0.5, 0.6) is 0 Å². The van der Waals surface area contributed by atoms with Gasteiger partial charge in [0.05, 0.1) is 0 Å². The largest absolute Gasteiger partial charge is 0.381 e. The number of ether oxygens (including phenoxy) is 1. The lowest BCUT2D eigenvalue weighted by Crippen LogP contribution is -2.42. The summed E-state index contributed by atoms with van der Waals surface area (Å²) in [5.74, 6) is 0.866. The van der Waals surface area contributed by atoms with Gasteiger partial charge in [0.1, 0.15) is 0 Å². The van der Waals surface area contributed by atoms with Crippen LogP contribution in [0.3, 0.4) is 0 Å². The van der Waals surface area contributed by atoms with E-state index in [4.69, 9.17) is 4.74 Å². The highest BCUT2D eigenvalue weighted by molar-refractivity contribution is 4.81. The van der Waals surface area contributed by atoms with Crippen LogP contribution in [0, 0.1) is 11.3 Å². The highest BCUT2D eigenvalue weighted by atomic mass is 16.5. The summed E-state index contributed by atoms with van der Waals surface area (Å²) in [7, 11) is 0. The first kappa shape index (κ1) is 14.0. The molecule has 0 spiro atoms. The van der Waals surface area contributed by atoms with Gasteiger partial charge in [-0.3, -0.25) is 0 Å². The molecule has 1 aliphatic rings. The number of hydrogen-bond acceptors (Lipinski definition) is 2. The van der Waals surface area contributed by atoms with Crippen molar-refractivity contribution in [1.82, 2.24) is 5.32 Å². The smallest absolute Gasteiger partial charge is 0.0468 e. The van der Waals surface area contributed by atoms with Crippen LogP contribution in [0.15, 0.2) is 0 Å². The fourth-order valence-corrected chi connectivity index (χ4v) is 2.31. The van der Waals surface area contributed by atoms with Crippen LogP contribution in [0.1, 0.15) is 53.9 Å². The molecule has 2 heteroatoms. The molecule has 16 heavy (non-hydrogen) atoms. The average molecular weight is 227 g/mol. The molecule has 0 aromatic heterocycles. The van der Waals surface area contributed by atoms with Crippen LogP contribution in [0.2, 0.25) is 0 Å². The third kappa shape index (κ3) is 5.86. The fourth-order valence-electron chi connectivity index (χ4n) is 2.31. The predicted octanol–water partition coefficient (Wildman–Crippen LogP) is 3.22. The zero-order chi connectivity index (χ0) is 12.2. The van der Waals surface area contributed by atoms with E-state index < -0.39 is 0 Å². The normalized spacial score (nSPS) is 20.1. The first-order chi connectivity index (χ1) is 7.29. The zero-order valence-electron chi connectivity index (χ0n) is 11.7. The van der Waals surface area contributed by atoms with Crippen LogP contribution in [0.25, 0.3) is 0 Å². The lowest BCUT2D eigenvalue weighted by atomic mass is 9.79. The molecule has 1 fully saturated rings. The lowest BCUT2D eigenvalue weighted by molar-refractivity contribution is 0.0504. The molecule has 0 atom stereocenters. The Morgan fingerprint density at radius 2 is 1.62 bits per heavy atom. The van der Waals surface area contributed by atoms with Crippen LogP contribution in [-0.2, 0) is 4.74 Å². The monoisotopic (exact) mass is 227 g/mol. The molecule has 0 aromatic rings. The third-order valence-electron chi connectivity index (χ3n) is 3.28. The summed E-state index contributed by atoms with van der Waals surface area (Å²) in [5, 5.41) is 3.62. The molecule has 1 saturated heterocycles. The maximum atomic E-state index is 5.41. The molecule has 0 radical (unpaired) electrons. The Kier molecular flexibility index (Phi) is 4.81. The zero-order valence-corrected chi connectivity index (χ0v) is 11.7. The van der Waals surface area contributed by atoms with Crippen molar-refractivity contribution in [2.24, 2.45) is 11.3 Å². The quantitative estimate of drug-likeness (QED) is 0.796. The minimum Gasteiger partial charge on any atom is -0.381 e. The van der Waals surface area contributed by atoms with Crippen molar-refractivity contribution in [3.05, 3.63) is 0 Å². The molecule has 1 N–H and O–H groups in total. The minimum absolute atomic E-state index is 0.229. The molecule has 1 heterocycles. The van der Waals surface area contributed by atoms with Gasteiger partial charge in [0.15, 0.2) is 0 Å². The summed E-state index contributed by atoms with van der Waals surface area (Å²) in [5.41, 5.74) is 0.627. The van der Waals surface area contributed by atoms with E-state index in [0.29, 0.717) is 5.41 Å². The molecule has 2 nitrogen and oxygen atoms in total. The van der Waals surface area contributed by atoms with E-state index >= 15 is 0 Å². The van der Waals surface area contributed by atoms with Gasteiger partial charge in [-0.2, -0.15) is 0 Å². The number of hydrogen-bond donors (Lipinski definition) is 1. The van der Waals surface area contributed by atoms with Gasteiger partial charge in [-0.15, -0.1) is 0 Å². The summed E-state index contributed by atoms with van der Waals surface area (Å²) in [6.07, 6.45) is 3.82. The first-order valence-electron chi connectivity index (χ1n) is 6.61. The highest BCUT2D eigenvalue weighted by Crippen LogP contribution is 2.30. The van der Waals surface area contributed by atoms with Gasteiger partial charge < -0.3 is 10.1 Å². The maximum Gasteiger partial charge on any atom is 0.0468 e. The standard InChI is InChI=1S/C14H29NO/c1-13(2,3)15-11-14(4,5)10-12-6-8-16-9-7-12/h12,15H,6-11H2,1-5H3. The molecular weight excluding hydrogens is 198 g/mol.